The van der Waals surface area contributed by atoms with Crippen LogP contribution in [0.3, 0.4) is 0 Å². The molecule has 0 heterocycles. The molecule has 0 fully saturated rings. The van der Waals surface area contributed by atoms with Gasteiger partial charge in [0.25, 0.3) is 0 Å². The van der Waals surface area contributed by atoms with Gasteiger partial charge in [0.15, 0.2) is 11.6 Å². The SMILES string of the molecule is OCc1ccc(F)c(Oc2ccc(F)cc2)c1. The third-order valence-corrected chi connectivity index (χ3v) is 2.22. The van der Waals surface area contributed by atoms with Crippen molar-refractivity contribution in [3.63, 3.8) is 0 Å². The molecular weight excluding hydrogens is 226 g/mol. The molecule has 0 saturated carbocycles. The Balaban J connectivity index is 2.25. The van der Waals surface area contributed by atoms with Crippen LogP contribution >= 0.6 is 0 Å². The van der Waals surface area contributed by atoms with Crippen molar-refractivity contribution in [1.82, 2.24) is 0 Å². The van der Waals surface area contributed by atoms with Crippen molar-refractivity contribution in [3.8, 4) is 11.5 Å². The summed E-state index contributed by atoms with van der Waals surface area (Å²) < 4.78 is 31.3. The predicted molar refractivity (Wildman–Crippen MR) is 58.8 cm³/mol. The maximum absolute atomic E-state index is 13.4. The number of aliphatic hydroxyl groups is 1. The average Bonchev–Trinajstić information content (AvgIpc) is 2.35. The van der Waals surface area contributed by atoms with Gasteiger partial charge >= 0.3 is 0 Å². The first-order valence-corrected chi connectivity index (χ1v) is 5.02. The second kappa shape index (κ2) is 4.93. The lowest BCUT2D eigenvalue weighted by Crippen LogP contribution is -1.91. The Kier molecular flexibility index (Phi) is 3.35. The Hall–Kier alpha value is -1.94. The number of benzene rings is 2. The molecule has 0 saturated heterocycles. The van der Waals surface area contributed by atoms with Crippen LogP contribution in [0.1, 0.15) is 5.56 Å². The Morgan fingerprint density at radius 2 is 1.71 bits per heavy atom. The summed E-state index contributed by atoms with van der Waals surface area (Å²) in [4.78, 5) is 0. The highest BCUT2D eigenvalue weighted by Gasteiger charge is 2.06. The van der Waals surface area contributed by atoms with E-state index in [1.54, 1.807) is 0 Å². The van der Waals surface area contributed by atoms with Gasteiger partial charge in [0, 0.05) is 0 Å². The molecule has 0 bridgehead atoms. The normalized spacial score (nSPS) is 10.3. The Morgan fingerprint density at radius 3 is 2.35 bits per heavy atom. The molecule has 0 aliphatic carbocycles. The minimum absolute atomic E-state index is 0.00292. The van der Waals surface area contributed by atoms with Crippen molar-refractivity contribution in [2.24, 2.45) is 0 Å². The summed E-state index contributed by atoms with van der Waals surface area (Å²) in [6.07, 6.45) is 0. The van der Waals surface area contributed by atoms with E-state index in [2.05, 4.69) is 0 Å². The highest BCUT2D eigenvalue weighted by atomic mass is 19.1. The lowest BCUT2D eigenvalue weighted by Gasteiger charge is -2.07. The van der Waals surface area contributed by atoms with Crippen molar-refractivity contribution < 1.29 is 18.6 Å². The molecule has 1 N–H and O–H groups in total. The summed E-state index contributed by atoms with van der Waals surface area (Å²) in [7, 11) is 0. The van der Waals surface area contributed by atoms with Gasteiger partial charge in [0.1, 0.15) is 11.6 Å². The first kappa shape index (κ1) is 11.5. The van der Waals surface area contributed by atoms with E-state index in [4.69, 9.17) is 9.84 Å². The van der Waals surface area contributed by atoms with Crippen LogP contribution in [-0.4, -0.2) is 5.11 Å². The maximum atomic E-state index is 13.4. The lowest BCUT2D eigenvalue weighted by atomic mass is 10.2. The molecule has 4 heteroatoms. The van der Waals surface area contributed by atoms with E-state index in [1.165, 1.54) is 42.5 Å². The van der Waals surface area contributed by atoms with Crippen molar-refractivity contribution in [2.75, 3.05) is 0 Å². The number of aliphatic hydroxyl groups excluding tert-OH is 1. The minimum Gasteiger partial charge on any atom is -0.454 e. The largest absolute Gasteiger partial charge is 0.454 e. The fourth-order valence-corrected chi connectivity index (χ4v) is 1.35. The fraction of sp³-hybridized carbons (Fsp3) is 0.0769. The van der Waals surface area contributed by atoms with E-state index in [1.807, 2.05) is 0 Å². The highest BCUT2D eigenvalue weighted by Crippen LogP contribution is 2.25. The van der Waals surface area contributed by atoms with Crippen LogP contribution in [0.2, 0.25) is 0 Å². The van der Waals surface area contributed by atoms with Crippen molar-refractivity contribution in [1.29, 1.82) is 0 Å². The zero-order chi connectivity index (χ0) is 12.3. The standard InChI is InChI=1S/C13H10F2O2/c14-10-2-4-11(5-3-10)17-13-7-9(8-16)1-6-12(13)15/h1-7,16H,8H2. The van der Waals surface area contributed by atoms with Crippen LogP contribution in [0.4, 0.5) is 8.78 Å². The molecule has 2 aromatic rings. The second-order valence-electron chi connectivity index (χ2n) is 3.48. The lowest BCUT2D eigenvalue weighted by molar-refractivity contribution is 0.281. The molecule has 2 rings (SSSR count). The number of rotatable bonds is 3. The molecule has 0 unspecified atom stereocenters. The second-order valence-corrected chi connectivity index (χ2v) is 3.48. The van der Waals surface area contributed by atoms with E-state index in [0.717, 1.165) is 0 Å². The molecule has 0 radical (unpaired) electrons. The summed E-state index contributed by atoms with van der Waals surface area (Å²) in [6.45, 7) is -0.194. The molecule has 0 aliphatic rings. The predicted octanol–water partition coefficient (Wildman–Crippen LogP) is 3.25. The van der Waals surface area contributed by atoms with Crippen LogP contribution in [0.5, 0.6) is 11.5 Å². The van der Waals surface area contributed by atoms with Crippen molar-refractivity contribution in [2.45, 2.75) is 6.61 Å². The van der Waals surface area contributed by atoms with E-state index in [0.29, 0.717) is 11.3 Å². The molecule has 88 valence electrons. The van der Waals surface area contributed by atoms with Crippen LogP contribution in [0.25, 0.3) is 0 Å². The van der Waals surface area contributed by atoms with Crippen LogP contribution in [0.15, 0.2) is 42.5 Å². The van der Waals surface area contributed by atoms with Gasteiger partial charge in [-0.25, -0.2) is 8.78 Å². The average molecular weight is 236 g/mol. The van der Waals surface area contributed by atoms with Crippen molar-refractivity contribution in [3.05, 3.63) is 59.7 Å². The molecule has 17 heavy (non-hydrogen) atoms. The first-order valence-electron chi connectivity index (χ1n) is 5.02. The van der Waals surface area contributed by atoms with Gasteiger partial charge in [-0.3, -0.25) is 0 Å². The molecule has 0 aromatic heterocycles. The van der Waals surface area contributed by atoms with Gasteiger partial charge in [0.05, 0.1) is 6.61 Å². The zero-order valence-electron chi connectivity index (χ0n) is 8.86. The number of ether oxygens (including phenoxy) is 1. The molecular formula is C13H10F2O2. The van der Waals surface area contributed by atoms with E-state index in [-0.39, 0.29) is 18.2 Å². The maximum Gasteiger partial charge on any atom is 0.165 e. The van der Waals surface area contributed by atoms with Gasteiger partial charge in [-0.1, -0.05) is 6.07 Å². The molecule has 0 spiro atoms. The van der Waals surface area contributed by atoms with Crippen LogP contribution < -0.4 is 4.74 Å². The fourth-order valence-electron chi connectivity index (χ4n) is 1.35. The zero-order valence-corrected chi connectivity index (χ0v) is 8.86. The molecule has 2 nitrogen and oxygen atoms in total. The Labute approximate surface area is 97.1 Å². The number of hydrogen-bond donors (Lipinski definition) is 1. The highest BCUT2D eigenvalue weighted by molar-refractivity contribution is 5.35. The number of halogens is 2. The van der Waals surface area contributed by atoms with Crippen LogP contribution in [-0.2, 0) is 6.61 Å². The smallest absolute Gasteiger partial charge is 0.165 e. The molecule has 0 atom stereocenters. The minimum atomic E-state index is -0.536. The summed E-state index contributed by atoms with van der Waals surface area (Å²) in [5.41, 5.74) is 0.545. The van der Waals surface area contributed by atoms with Gasteiger partial charge in [0.2, 0.25) is 0 Å². The first-order chi connectivity index (χ1) is 8.19. The summed E-state index contributed by atoms with van der Waals surface area (Å²) in [5.74, 6) is -0.586. The van der Waals surface area contributed by atoms with Crippen molar-refractivity contribution >= 4 is 0 Å². The van der Waals surface area contributed by atoms with Crippen LogP contribution in [0, 0.1) is 11.6 Å². The van der Waals surface area contributed by atoms with Gasteiger partial charge < -0.3 is 9.84 Å². The van der Waals surface area contributed by atoms with Gasteiger partial charge in [-0.15, -0.1) is 0 Å². The third kappa shape index (κ3) is 2.79. The van der Waals surface area contributed by atoms with E-state index in [9.17, 15) is 8.78 Å². The number of hydrogen-bond acceptors (Lipinski definition) is 2. The Bertz CT molecular complexity index is 509. The summed E-state index contributed by atoms with van der Waals surface area (Å²) >= 11 is 0. The van der Waals surface area contributed by atoms with Gasteiger partial charge in [-0.2, -0.15) is 0 Å². The van der Waals surface area contributed by atoms with E-state index < -0.39 is 5.82 Å². The Morgan fingerprint density at radius 1 is 1.00 bits per heavy atom. The quantitative estimate of drug-likeness (QED) is 0.886. The van der Waals surface area contributed by atoms with Gasteiger partial charge in [-0.05, 0) is 42.0 Å². The topological polar surface area (TPSA) is 29.5 Å². The molecule has 0 amide bonds. The molecule has 0 aliphatic heterocycles. The summed E-state index contributed by atoms with van der Waals surface area (Å²) in [6, 6.07) is 9.34. The molecule has 2 aromatic carbocycles. The third-order valence-electron chi connectivity index (χ3n) is 2.22. The summed E-state index contributed by atoms with van der Waals surface area (Å²) in [5, 5.41) is 8.93. The monoisotopic (exact) mass is 236 g/mol. The van der Waals surface area contributed by atoms with E-state index >= 15 is 0 Å².